The first-order chi connectivity index (χ1) is 18.3. The number of rotatable bonds is 9. The first-order valence-corrected chi connectivity index (χ1v) is 13.2. The maximum absolute atomic E-state index is 13.2. The van der Waals surface area contributed by atoms with Crippen molar-refractivity contribution in [1.82, 2.24) is 14.8 Å². The highest BCUT2D eigenvalue weighted by molar-refractivity contribution is 6.05. The molecule has 38 heavy (non-hydrogen) atoms. The Morgan fingerprint density at radius 2 is 1.76 bits per heavy atom. The Morgan fingerprint density at radius 3 is 2.47 bits per heavy atom. The van der Waals surface area contributed by atoms with Gasteiger partial charge in [0.2, 0.25) is 11.8 Å². The summed E-state index contributed by atoms with van der Waals surface area (Å²) in [6.07, 6.45) is 5.78. The second-order valence-corrected chi connectivity index (χ2v) is 9.61. The normalized spacial score (nSPS) is 12.8. The molecule has 0 radical (unpaired) electrons. The minimum Gasteiger partial charge on any atom is -0.387 e. The molecule has 1 aliphatic rings. The number of carbonyl (C=O) groups is 2. The number of aliphatic imine (C=N–C) groups is 1. The largest absolute Gasteiger partial charge is 0.387 e. The van der Waals surface area contributed by atoms with Crippen molar-refractivity contribution in [2.45, 2.75) is 46.6 Å². The number of hydrogen-bond acceptors (Lipinski definition) is 5. The van der Waals surface area contributed by atoms with Crippen LogP contribution in [0.5, 0.6) is 0 Å². The van der Waals surface area contributed by atoms with Crippen molar-refractivity contribution in [3.05, 3.63) is 70.2 Å². The van der Waals surface area contributed by atoms with Crippen LogP contribution in [0.1, 0.15) is 45.6 Å². The number of benzene rings is 2. The van der Waals surface area contributed by atoms with Crippen LogP contribution in [0.3, 0.4) is 0 Å². The number of nitrogens with one attached hydrogen (secondary N) is 1. The standard InChI is InChI=1S/C30H35N5O3/c1-4-12-34(13-5-2)29(37)25-17-24-7-6-22(18-27(24)33-28(31)19-25)21-8-9-26-23(16-21)10-14-35(30(26)38)15-11-32-20(3)36/h6-10,14,16-18H,4-5,11-13,15,19H2,1-3H3,(H2,31,33)(H,32,36). The molecule has 0 bridgehead atoms. The van der Waals surface area contributed by atoms with Gasteiger partial charge in [-0.25, -0.2) is 4.99 Å². The van der Waals surface area contributed by atoms with E-state index < -0.39 is 0 Å². The molecule has 2 heterocycles. The van der Waals surface area contributed by atoms with Gasteiger partial charge in [0.25, 0.3) is 5.56 Å². The highest BCUT2D eigenvalue weighted by Crippen LogP contribution is 2.33. The lowest BCUT2D eigenvalue weighted by Crippen LogP contribution is -2.34. The molecule has 4 rings (SSSR count). The number of amides is 2. The molecule has 0 aliphatic carbocycles. The van der Waals surface area contributed by atoms with Crippen molar-refractivity contribution < 1.29 is 9.59 Å². The summed E-state index contributed by atoms with van der Waals surface area (Å²) in [5.74, 6) is 0.302. The number of nitrogens with zero attached hydrogens (tertiary/aromatic N) is 3. The predicted molar refractivity (Wildman–Crippen MR) is 153 cm³/mol. The molecule has 1 aliphatic heterocycles. The molecule has 0 fully saturated rings. The van der Waals surface area contributed by atoms with E-state index in [0.29, 0.717) is 42.0 Å². The van der Waals surface area contributed by atoms with E-state index in [1.54, 1.807) is 10.8 Å². The van der Waals surface area contributed by atoms with Gasteiger partial charge in [-0.15, -0.1) is 0 Å². The summed E-state index contributed by atoms with van der Waals surface area (Å²) in [7, 11) is 0. The van der Waals surface area contributed by atoms with E-state index in [2.05, 4.69) is 24.2 Å². The number of aromatic nitrogens is 1. The lowest BCUT2D eigenvalue weighted by molar-refractivity contribution is -0.127. The average molecular weight is 514 g/mol. The van der Waals surface area contributed by atoms with Crippen LogP contribution < -0.4 is 16.6 Å². The van der Waals surface area contributed by atoms with Crippen molar-refractivity contribution in [2.75, 3.05) is 19.6 Å². The third-order valence-corrected chi connectivity index (χ3v) is 6.58. The molecular formula is C30H35N5O3. The fourth-order valence-corrected chi connectivity index (χ4v) is 4.76. The second kappa shape index (κ2) is 11.9. The lowest BCUT2D eigenvalue weighted by Gasteiger charge is -2.22. The zero-order valence-electron chi connectivity index (χ0n) is 22.3. The maximum atomic E-state index is 13.2. The Hall–Kier alpha value is -4.20. The van der Waals surface area contributed by atoms with E-state index in [-0.39, 0.29) is 17.4 Å². The number of nitrogens with two attached hydrogens (primary N) is 1. The molecule has 2 aromatic carbocycles. The minimum atomic E-state index is -0.122. The maximum Gasteiger partial charge on any atom is 0.258 e. The van der Waals surface area contributed by atoms with E-state index in [9.17, 15) is 14.4 Å². The summed E-state index contributed by atoms with van der Waals surface area (Å²) in [6.45, 7) is 7.84. The highest BCUT2D eigenvalue weighted by atomic mass is 16.2. The summed E-state index contributed by atoms with van der Waals surface area (Å²) < 4.78 is 1.60. The van der Waals surface area contributed by atoms with Gasteiger partial charge in [-0.1, -0.05) is 32.0 Å². The molecule has 0 spiro atoms. The van der Waals surface area contributed by atoms with Crippen molar-refractivity contribution in [1.29, 1.82) is 0 Å². The summed E-state index contributed by atoms with van der Waals surface area (Å²) in [5, 5.41) is 4.17. The third kappa shape index (κ3) is 6.02. The predicted octanol–water partition coefficient (Wildman–Crippen LogP) is 4.23. The molecule has 8 heteroatoms. The number of carbonyl (C=O) groups excluding carboxylic acids is 2. The van der Waals surface area contributed by atoms with Gasteiger partial charge < -0.3 is 20.5 Å². The van der Waals surface area contributed by atoms with Gasteiger partial charge in [-0.2, -0.15) is 0 Å². The zero-order chi connectivity index (χ0) is 27.2. The summed E-state index contributed by atoms with van der Waals surface area (Å²) in [6, 6.07) is 13.6. The topological polar surface area (TPSA) is 110 Å². The third-order valence-electron chi connectivity index (χ3n) is 6.58. The Kier molecular flexibility index (Phi) is 8.41. The SMILES string of the molecule is CCCN(CCC)C(=O)C1=Cc2ccc(-c3ccc4c(=O)n(CCNC(C)=O)ccc4c3)cc2N=C(N)C1. The lowest BCUT2D eigenvalue weighted by atomic mass is 9.99. The molecule has 1 aromatic heterocycles. The second-order valence-electron chi connectivity index (χ2n) is 9.61. The van der Waals surface area contributed by atoms with E-state index in [1.165, 1.54) is 6.92 Å². The summed E-state index contributed by atoms with van der Waals surface area (Å²) >= 11 is 0. The smallest absolute Gasteiger partial charge is 0.258 e. The molecule has 0 unspecified atom stereocenters. The van der Waals surface area contributed by atoms with Crippen LogP contribution in [0.2, 0.25) is 0 Å². The Labute approximate surface area is 222 Å². The van der Waals surface area contributed by atoms with Crippen LogP contribution in [0.25, 0.3) is 28.0 Å². The van der Waals surface area contributed by atoms with Gasteiger partial charge in [0, 0.05) is 62.2 Å². The molecule has 2 amide bonds. The molecule has 8 nitrogen and oxygen atoms in total. The number of amidine groups is 1. The molecule has 3 aromatic rings. The van der Waals surface area contributed by atoms with Crippen molar-refractivity contribution in [2.24, 2.45) is 10.7 Å². The van der Waals surface area contributed by atoms with Gasteiger partial charge >= 0.3 is 0 Å². The van der Waals surface area contributed by atoms with Crippen LogP contribution in [-0.4, -0.2) is 46.8 Å². The Balaban J connectivity index is 1.64. The van der Waals surface area contributed by atoms with Crippen LogP contribution in [0.15, 0.2) is 64.0 Å². The van der Waals surface area contributed by atoms with Gasteiger partial charge in [0.15, 0.2) is 0 Å². The molecular weight excluding hydrogens is 478 g/mol. The molecule has 0 saturated carbocycles. The average Bonchev–Trinajstić information content (AvgIpc) is 3.06. The zero-order valence-corrected chi connectivity index (χ0v) is 22.3. The molecule has 0 saturated heterocycles. The van der Waals surface area contributed by atoms with E-state index in [4.69, 9.17) is 5.73 Å². The van der Waals surface area contributed by atoms with Crippen LogP contribution >= 0.6 is 0 Å². The number of fused-ring (bicyclic) bond motifs is 2. The molecule has 3 N–H and O–H groups in total. The van der Waals surface area contributed by atoms with Gasteiger partial charge in [0.1, 0.15) is 5.84 Å². The van der Waals surface area contributed by atoms with Crippen molar-refractivity contribution >= 4 is 40.2 Å². The summed E-state index contributed by atoms with van der Waals surface area (Å²) in [5.41, 5.74) is 10.3. The number of pyridine rings is 1. The van der Waals surface area contributed by atoms with Gasteiger partial charge in [-0.3, -0.25) is 14.4 Å². The Morgan fingerprint density at radius 1 is 1.05 bits per heavy atom. The fourth-order valence-electron chi connectivity index (χ4n) is 4.76. The van der Waals surface area contributed by atoms with E-state index in [0.717, 1.165) is 48.0 Å². The van der Waals surface area contributed by atoms with Crippen LogP contribution in [0, 0.1) is 0 Å². The molecule has 198 valence electrons. The first-order valence-electron chi connectivity index (χ1n) is 13.2. The van der Waals surface area contributed by atoms with E-state index >= 15 is 0 Å². The van der Waals surface area contributed by atoms with Crippen molar-refractivity contribution in [3.63, 3.8) is 0 Å². The molecule has 0 atom stereocenters. The highest BCUT2D eigenvalue weighted by Gasteiger charge is 2.21. The summed E-state index contributed by atoms with van der Waals surface area (Å²) in [4.78, 5) is 43.8. The first kappa shape index (κ1) is 26.9. The van der Waals surface area contributed by atoms with Crippen LogP contribution in [0.4, 0.5) is 5.69 Å². The monoisotopic (exact) mass is 513 g/mol. The Bertz CT molecular complexity index is 1480. The van der Waals surface area contributed by atoms with Crippen LogP contribution in [-0.2, 0) is 16.1 Å². The quantitative estimate of drug-likeness (QED) is 0.446. The fraction of sp³-hybridized carbons (Fsp3) is 0.333. The van der Waals surface area contributed by atoms with E-state index in [1.807, 2.05) is 53.4 Å². The van der Waals surface area contributed by atoms with Gasteiger partial charge in [-0.05, 0) is 59.7 Å². The number of hydrogen-bond donors (Lipinski definition) is 2. The van der Waals surface area contributed by atoms with Gasteiger partial charge in [0.05, 0.1) is 5.69 Å². The minimum absolute atomic E-state index is 0.0148. The van der Waals surface area contributed by atoms with Crippen molar-refractivity contribution in [3.8, 4) is 11.1 Å².